The monoisotopic (exact) mass is 306 g/mol. The first kappa shape index (κ1) is 13.0. The zero-order valence-corrected chi connectivity index (χ0v) is 12.0. The summed E-state index contributed by atoms with van der Waals surface area (Å²) in [6.45, 7) is 0.378. The number of halogens is 2. The van der Waals surface area contributed by atoms with Crippen LogP contribution in [0, 0.1) is 0 Å². The Kier molecular flexibility index (Phi) is 4.50. The normalized spacial score (nSPS) is 10.5. The third-order valence-corrected chi connectivity index (χ3v) is 3.59. The molecule has 90 valence electrons. The van der Waals surface area contributed by atoms with Gasteiger partial charge in [-0.3, -0.25) is 0 Å². The van der Waals surface area contributed by atoms with E-state index in [1.165, 1.54) is 23.3 Å². The number of ether oxygens (including phenoxy) is 1. The number of rotatable bonds is 4. The van der Waals surface area contributed by atoms with Crippen molar-refractivity contribution in [2.45, 2.75) is 11.8 Å². The van der Waals surface area contributed by atoms with Crippen LogP contribution in [0.4, 0.5) is 0 Å². The van der Waals surface area contributed by atoms with E-state index < -0.39 is 0 Å². The van der Waals surface area contributed by atoms with Gasteiger partial charge in [0.2, 0.25) is 5.16 Å². The van der Waals surface area contributed by atoms with E-state index in [2.05, 4.69) is 9.36 Å². The van der Waals surface area contributed by atoms with Crippen LogP contribution in [0.1, 0.15) is 5.56 Å². The summed E-state index contributed by atoms with van der Waals surface area (Å²) in [5.74, 6) is 0. The first-order valence-corrected chi connectivity index (χ1v) is 7.38. The molecule has 1 aromatic heterocycles. The van der Waals surface area contributed by atoms with Gasteiger partial charge in [0.05, 0.1) is 0 Å². The lowest BCUT2D eigenvalue weighted by molar-refractivity contribution is 0.303. The van der Waals surface area contributed by atoms with Crippen molar-refractivity contribution < 1.29 is 4.74 Å². The summed E-state index contributed by atoms with van der Waals surface area (Å²) in [6, 6.07) is 5.30. The summed E-state index contributed by atoms with van der Waals surface area (Å²) in [7, 11) is 0. The molecule has 0 spiro atoms. The van der Waals surface area contributed by atoms with Crippen molar-refractivity contribution in [3.8, 4) is 5.19 Å². The lowest BCUT2D eigenvalue weighted by Crippen LogP contribution is -1.95. The van der Waals surface area contributed by atoms with Gasteiger partial charge in [-0.1, -0.05) is 35.0 Å². The second-order valence-corrected chi connectivity index (χ2v) is 5.47. The van der Waals surface area contributed by atoms with Gasteiger partial charge < -0.3 is 4.74 Å². The molecule has 0 bridgehead atoms. The average molecular weight is 307 g/mol. The molecule has 0 fully saturated rings. The molecule has 0 saturated carbocycles. The van der Waals surface area contributed by atoms with Crippen molar-refractivity contribution in [1.82, 2.24) is 9.36 Å². The smallest absolute Gasteiger partial charge is 0.294 e. The zero-order valence-electron chi connectivity index (χ0n) is 8.81. The third-order valence-electron chi connectivity index (χ3n) is 1.86. The molecule has 7 heteroatoms. The number of nitrogens with zero attached hydrogens (tertiary/aromatic N) is 2. The van der Waals surface area contributed by atoms with Crippen LogP contribution in [0.5, 0.6) is 5.19 Å². The number of hydrogen-bond donors (Lipinski definition) is 0. The van der Waals surface area contributed by atoms with Crippen LogP contribution in [0.15, 0.2) is 23.4 Å². The van der Waals surface area contributed by atoms with Gasteiger partial charge in [-0.15, -0.1) is 0 Å². The second-order valence-electron chi connectivity index (χ2n) is 3.11. The van der Waals surface area contributed by atoms with Crippen molar-refractivity contribution in [3.05, 3.63) is 33.8 Å². The van der Waals surface area contributed by atoms with Gasteiger partial charge >= 0.3 is 0 Å². The summed E-state index contributed by atoms with van der Waals surface area (Å²) >= 11 is 14.5. The van der Waals surface area contributed by atoms with Crippen molar-refractivity contribution in [2.24, 2.45) is 0 Å². The summed E-state index contributed by atoms with van der Waals surface area (Å²) < 4.78 is 9.60. The van der Waals surface area contributed by atoms with Crippen LogP contribution in [-0.2, 0) is 6.61 Å². The Morgan fingerprint density at radius 3 is 2.59 bits per heavy atom. The summed E-state index contributed by atoms with van der Waals surface area (Å²) in [6.07, 6.45) is 1.92. The van der Waals surface area contributed by atoms with Crippen LogP contribution in [0.2, 0.25) is 10.0 Å². The number of aromatic nitrogens is 2. The highest BCUT2D eigenvalue weighted by Crippen LogP contribution is 2.23. The molecule has 0 aliphatic carbocycles. The lowest BCUT2D eigenvalue weighted by atomic mass is 10.2. The zero-order chi connectivity index (χ0) is 12.3. The molecule has 1 heterocycles. The molecule has 0 unspecified atom stereocenters. The molecule has 0 aliphatic heterocycles. The number of thioether (sulfide) groups is 1. The highest BCUT2D eigenvalue weighted by atomic mass is 35.5. The predicted molar refractivity (Wildman–Crippen MR) is 72.5 cm³/mol. The fraction of sp³-hybridized carbons (Fsp3) is 0.200. The molecule has 0 atom stereocenters. The van der Waals surface area contributed by atoms with Crippen LogP contribution < -0.4 is 4.74 Å². The summed E-state index contributed by atoms with van der Waals surface area (Å²) in [5.41, 5.74) is 0.906. The Hall–Kier alpha value is -0.490. The minimum Gasteiger partial charge on any atom is -0.464 e. The largest absolute Gasteiger partial charge is 0.464 e. The Bertz CT molecular complexity index is 499. The molecule has 0 saturated heterocycles. The van der Waals surface area contributed by atoms with Crippen LogP contribution in [0.25, 0.3) is 0 Å². The average Bonchev–Trinajstić information content (AvgIpc) is 2.73. The van der Waals surface area contributed by atoms with E-state index in [9.17, 15) is 0 Å². The molecule has 0 N–H and O–H groups in total. The van der Waals surface area contributed by atoms with Gasteiger partial charge in [0.15, 0.2) is 0 Å². The van der Waals surface area contributed by atoms with E-state index in [0.717, 1.165) is 5.56 Å². The maximum atomic E-state index is 5.89. The highest BCUT2D eigenvalue weighted by Gasteiger charge is 2.05. The molecule has 0 amide bonds. The second kappa shape index (κ2) is 5.91. The molecule has 0 aliphatic rings. The van der Waals surface area contributed by atoms with E-state index in [1.54, 1.807) is 6.07 Å². The van der Waals surface area contributed by atoms with Gasteiger partial charge in [-0.05, 0) is 30.0 Å². The number of hydrogen-bond acceptors (Lipinski definition) is 5. The van der Waals surface area contributed by atoms with E-state index in [0.29, 0.717) is 27.0 Å². The fourth-order valence-corrected chi connectivity index (χ4v) is 2.83. The molecule has 17 heavy (non-hydrogen) atoms. The van der Waals surface area contributed by atoms with Gasteiger partial charge in [0.1, 0.15) is 6.61 Å². The van der Waals surface area contributed by atoms with Crippen molar-refractivity contribution in [2.75, 3.05) is 6.26 Å². The Labute approximate surface area is 117 Å². The SMILES string of the molecule is CSc1nsc(OCc2cc(Cl)cc(Cl)c2)n1. The van der Waals surface area contributed by atoms with Crippen LogP contribution in [-0.4, -0.2) is 15.6 Å². The van der Waals surface area contributed by atoms with E-state index >= 15 is 0 Å². The Morgan fingerprint density at radius 1 is 1.29 bits per heavy atom. The maximum Gasteiger partial charge on any atom is 0.294 e. The first-order chi connectivity index (χ1) is 8.17. The summed E-state index contributed by atoms with van der Waals surface area (Å²) in [4.78, 5) is 4.17. The Balaban J connectivity index is 2.01. The molecule has 2 aromatic rings. The standard InChI is InChI=1S/C10H8Cl2N2OS2/c1-16-9-13-10(17-14-9)15-5-6-2-7(11)4-8(12)3-6/h2-4H,5H2,1H3. The van der Waals surface area contributed by atoms with Crippen LogP contribution in [0.3, 0.4) is 0 Å². The minimum absolute atomic E-state index is 0.378. The quantitative estimate of drug-likeness (QED) is 0.795. The van der Waals surface area contributed by atoms with E-state index in [4.69, 9.17) is 27.9 Å². The molecule has 0 radical (unpaired) electrons. The molecule has 1 aromatic carbocycles. The van der Waals surface area contributed by atoms with Gasteiger partial charge in [0.25, 0.3) is 5.19 Å². The van der Waals surface area contributed by atoms with Crippen molar-refractivity contribution >= 4 is 46.5 Å². The predicted octanol–water partition coefficient (Wildman–Crippen LogP) is 4.15. The van der Waals surface area contributed by atoms with Crippen molar-refractivity contribution in [1.29, 1.82) is 0 Å². The summed E-state index contributed by atoms with van der Waals surface area (Å²) in [5, 5.41) is 2.45. The molecule has 2 rings (SSSR count). The third kappa shape index (κ3) is 3.74. The van der Waals surface area contributed by atoms with Gasteiger partial charge in [-0.2, -0.15) is 9.36 Å². The minimum atomic E-state index is 0.378. The van der Waals surface area contributed by atoms with E-state index in [-0.39, 0.29) is 0 Å². The number of benzene rings is 1. The molecular weight excluding hydrogens is 299 g/mol. The molecular formula is C10H8Cl2N2OS2. The highest BCUT2D eigenvalue weighted by molar-refractivity contribution is 7.98. The lowest BCUT2D eigenvalue weighted by Gasteiger charge is -2.03. The maximum absolute atomic E-state index is 5.89. The van der Waals surface area contributed by atoms with Gasteiger partial charge in [0, 0.05) is 21.6 Å². The molecule has 3 nitrogen and oxygen atoms in total. The van der Waals surface area contributed by atoms with Crippen molar-refractivity contribution in [3.63, 3.8) is 0 Å². The van der Waals surface area contributed by atoms with Crippen LogP contribution >= 0.6 is 46.5 Å². The fourth-order valence-electron chi connectivity index (χ4n) is 1.18. The topological polar surface area (TPSA) is 35.0 Å². The van der Waals surface area contributed by atoms with Gasteiger partial charge in [-0.25, -0.2) is 0 Å². The first-order valence-electron chi connectivity index (χ1n) is 4.63. The van der Waals surface area contributed by atoms with E-state index in [1.807, 2.05) is 18.4 Å². The Morgan fingerprint density at radius 2 is 2.00 bits per heavy atom.